The van der Waals surface area contributed by atoms with Crippen molar-refractivity contribution in [2.45, 2.75) is 42.0 Å². The Kier molecular flexibility index (Phi) is 5.24. The Balaban J connectivity index is 2.02. The Morgan fingerprint density at radius 2 is 2.15 bits per heavy atom. The van der Waals surface area contributed by atoms with Gasteiger partial charge in [0, 0.05) is 0 Å². The van der Waals surface area contributed by atoms with Crippen LogP contribution in [0, 0.1) is 11.3 Å². The fourth-order valence-electron chi connectivity index (χ4n) is 3.39. The first kappa shape index (κ1) is 19.7. The maximum atomic E-state index is 13.3. The number of alkyl halides is 3. The second-order valence-electron chi connectivity index (χ2n) is 6.88. The van der Waals surface area contributed by atoms with E-state index < -0.39 is 32.0 Å². The van der Waals surface area contributed by atoms with Gasteiger partial charge < -0.3 is 0 Å². The Labute approximate surface area is 160 Å². The normalized spacial score (nSPS) is 24.2. The zero-order chi connectivity index (χ0) is 19.8. The number of hydrogen-bond donors (Lipinski definition) is 1. The van der Waals surface area contributed by atoms with Crippen LogP contribution in [0.5, 0.6) is 0 Å². The number of aromatic nitrogens is 2. The van der Waals surface area contributed by atoms with E-state index in [1.807, 2.05) is 22.6 Å². The van der Waals surface area contributed by atoms with Crippen LogP contribution in [0.3, 0.4) is 0 Å². The summed E-state index contributed by atoms with van der Waals surface area (Å²) in [5.74, 6) is 0. The third kappa shape index (κ3) is 3.97. The van der Waals surface area contributed by atoms with Crippen LogP contribution in [0.2, 0.25) is 10.4 Å². The van der Waals surface area contributed by atoms with Gasteiger partial charge in [-0.15, -0.1) is 0 Å². The van der Waals surface area contributed by atoms with E-state index in [0.717, 1.165) is 11.8 Å². The molecule has 1 aromatic carbocycles. The number of aliphatic hydroxyl groups is 1. The number of nitriles is 1. The zero-order valence-corrected chi connectivity index (χ0v) is 16.8. The van der Waals surface area contributed by atoms with Gasteiger partial charge in [0.1, 0.15) is 0 Å². The van der Waals surface area contributed by atoms with E-state index >= 15 is 0 Å². The molecule has 27 heavy (non-hydrogen) atoms. The third-order valence-electron chi connectivity index (χ3n) is 4.96. The van der Waals surface area contributed by atoms with Crippen LogP contribution >= 0.6 is 0 Å². The molecule has 3 atom stereocenters. The molecule has 8 heteroatoms. The topological polar surface area (TPSA) is 61.8 Å². The van der Waals surface area contributed by atoms with Crippen molar-refractivity contribution in [1.82, 2.24) is 9.55 Å². The Bertz CT molecular complexity index is 898. The molecule has 1 aliphatic carbocycles. The summed E-state index contributed by atoms with van der Waals surface area (Å²) in [7, 11) is 0. The van der Waals surface area contributed by atoms with Crippen molar-refractivity contribution < 1.29 is 18.3 Å². The van der Waals surface area contributed by atoms with Crippen molar-refractivity contribution in [3.8, 4) is 6.07 Å². The van der Waals surface area contributed by atoms with E-state index in [9.17, 15) is 18.3 Å². The monoisotopic (exact) mass is 437 g/mol. The van der Waals surface area contributed by atoms with Crippen LogP contribution in [0.4, 0.5) is 13.2 Å². The number of halogens is 3. The average molecular weight is 437 g/mol. The first-order chi connectivity index (χ1) is 12.6. The molecule has 0 bridgehead atoms. The molecule has 0 radical (unpaired) electrons. The molecule has 1 aromatic heterocycles. The van der Waals surface area contributed by atoms with Crippen molar-refractivity contribution in [1.29, 1.82) is 5.26 Å². The molecule has 3 unspecified atom stereocenters. The summed E-state index contributed by atoms with van der Waals surface area (Å²) >= 11 is -2.09. The molecule has 0 fully saturated rings. The summed E-state index contributed by atoms with van der Waals surface area (Å²) in [5.41, 5.74) is 0.679. The van der Waals surface area contributed by atoms with Gasteiger partial charge in [0.25, 0.3) is 0 Å². The maximum absolute atomic E-state index is 13.3. The summed E-state index contributed by atoms with van der Waals surface area (Å²) in [6, 6.07) is 5.54. The quantitative estimate of drug-likeness (QED) is 0.748. The van der Waals surface area contributed by atoms with E-state index in [1.54, 1.807) is 31.6 Å². The average Bonchev–Trinajstić information content (AvgIpc) is 3.14. The molecule has 0 saturated carbocycles. The number of hydrogen-bond acceptors (Lipinski definition) is 3. The van der Waals surface area contributed by atoms with Gasteiger partial charge in [0.2, 0.25) is 0 Å². The molecule has 4 nitrogen and oxygen atoms in total. The van der Waals surface area contributed by atoms with E-state index in [-0.39, 0.29) is 10.3 Å². The van der Waals surface area contributed by atoms with Gasteiger partial charge in [-0.2, -0.15) is 0 Å². The fraction of sp³-hybridized carbons (Fsp3) is 0.368. The molecule has 1 aliphatic rings. The minimum absolute atomic E-state index is 0.231. The van der Waals surface area contributed by atoms with Crippen molar-refractivity contribution in [3.05, 3.63) is 54.1 Å². The van der Waals surface area contributed by atoms with Crippen molar-refractivity contribution in [3.63, 3.8) is 0 Å². The molecule has 0 amide bonds. The van der Waals surface area contributed by atoms with Crippen LogP contribution < -0.4 is 4.35 Å². The Morgan fingerprint density at radius 3 is 2.74 bits per heavy atom. The van der Waals surface area contributed by atoms with Gasteiger partial charge in [-0.3, -0.25) is 0 Å². The van der Waals surface area contributed by atoms with Crippen LogP contribution in [0.15, 0.2) is 43.0 Å². The third-order valence-corrected chi connectivity index (χ3v) is 10.5. The number of rotatable bonds is 3. The first-order valence-corrected chi connectivity index (χ1v) is 12.3. The molecule has 0 saturated heterocycles. The summed E-state index contributed by atoms with van der Waals surface area (Å²) in [4.78, 5) is 4.04. The molecular formula is C19H19AsF3N3O. The molecule has 2 aromatic rings. The van der Waals surface area contributed by atoms with Gasteiger partial charge in [-0.1, -0.05) is 0 Å². The molecular weight excluding hydrogens is 418 g/mol. The zero-order valence-electron chi connectivity index (χ0n) is 14.9. The van der Waals surface area contributed by atoms with Crippen molar-refractivity contribution >= 4 is 24.7 Å². The number of imidazole rings is 1. The number of nitrogens with zero attached hydrogens (tertiary/aromatic N) is 3. The predicted molar refractivity (Wildman–Crippen MR) is 97.5 cm³/mol. The van der Waals surface area contributed by atoms with Crippen LogP contribution in [-0.2, 0) is 6.18 Å². The van der Waals surface area contributed by atoms with E-state index in [4.69, 9.17) is 5.26 Å². The summed E-state index contributed by atoms with van der Waals surface area (Å²) in [5, 5.41) is 19.9. The second-order valence-corrected chi connectivity index (χ2v) is 11.7. The van der Waals surface area contributed by atoms with Gasteiger partial charge in [0.05, 0.1) is 0 Å². The van der Waals surface area contributed by atoms with Crippen molar-refractivity contribution in [2.75, 3.05) is 0 Å². The molecule has 0 spiro atoms. The van der Waals surface area contributed by atoms with E-state index in [2.05, 4.69) is 4.98 Å². The predicted octanol–water partition coefficient (Wildman–Crippen LogP) is 3.56. The summed E-state index contributed by atoms with van der Waals surface area (Å²) in [6.07, 6.45) is 3.77. The summed E-state index contributed by atoms with van der Waals surface area (Å²) in [6.45, 7) is 1.75. The van der Waals surface area contributed by atoms with Crippen LogP contribution in [-0.4, -0.2) is 34.9 Å². The van der Waals surface area contributed by atoms with Crippen LogP contribution in [0.25, 0.3) is 5.70 Å². The standard InChI is InChI=1S/C19H19AsF3N3O/c1-18(27)6-5-15(26-8-7-25-12-26)10-17(18)20(2)14-4-3-13(11-24)16(9-14)19(21,22)23/h3-4,7-10,12,17,27H,5-6H2,1-2H3. The molecule has 0 aliphatic heterocycles. The number of benzene rings is 1. The molecule has 3 rings (SSSR count). The van der Waals surface area contributed by atoms with Crippen molar-refractivity contribution in [2.24, 2.45) is 0 Å². The first-order valence-electron chi connectivity index (χ1n) is 8.39. The summed E-state index contributed by atoms with van der Waals surface area (Å²) < 4.78 is 42.2. The van der Waals surface area contributed by atoms with Gasteiger partial charge in [-0.05, 0) is 0 Å². The SMILES string of the molecule is C[As](c1ccc(C#N)c(C(F)(F)F)c1)C1C=C(n2ccnc2)CCC1(C)O. The number of allylic oxidation sites excluding steroid dienone is 1. The fourth-order valence-corrected chi connectivity index (χ4v) is 8.26. The molecule has 1 heterocycles. The van der Waals surface area contributed by atoms with E-state index in [1.165, 1.54) is 6.07 Å². The Hall–Kier alpha value is -2.03. The van der Waals surface area contributed by atoms with Crippen LogP contribution in [0.1, 0.15) is 30.9 Å². The van der Waals surface area contributed by atoms with E-state index in [0.29, 0.717) is 17.2 Å². The van der Waals surface area contributed by atoms with Gasteiger partial charge >= 0.3 is 160 Å². The van der Waals surface area contributed by atoms with Gasteiger partial charge in [0.15, 0.2) is 0 Å². The Morgan fingerprint density at radius 1 is 1.41 bits per heavy atom. The van der Waals surface area contributed by atoms with Gasteiger partial charge in [-0.25, -0.2) is 0 Å². The molecule has 1 N–H and O–H groups in total. The second kappa shape index (κ2) is 7.18. The minimum atomic E-state index is -4.58. The molecule has 142 valence electrons.